The molecule has 1 aromatic heterocycles. The number of carbonyl (C=O) groups excluding carboxylic acids is 1. The van der Waals surface area contributed by atoms with Crippen molar-refractivity contribution in [1.29, 1.82) is 0 Å². The summed E-state index contributed by atoms with van der Waals surface area (Å²) in [7, 11) is -3.19. The molecule has 19 heavy (non-hydrogen) atoms. The lowest BCUT2D eigenvalue weighted by atomic mass is 10.2. The van der Waals surface area contributed by atoms with Crippen molar-refractivity contribution < 1.29 is 13.2 Å². The Morgan fingerprint density at radius 3 is 2.53 bits per heavy atom. The second kappa shape index (κ2) is 5.23. The topological polar surface area (TPSA) is 91.9 Å². The van der Waals surface area contributed by atoms with Gasteiger partial charge in [0.25, 0.3) is 5.91 Å². The van der Waals surface area contributed by atoms with Crippen molar-refractivity contribution in [2.75, 3.05) is 6.26 Å². The maximum absolute atomic E-state index is 11.6. The number of benzene rings is 1. The minimum atomic E-state index is -3.19. The number of sulfone groups is 1. The van der Waals surface area contributed by atoms with Crippen LogP contribution < -0.4 is 5.32 Å². The van der Waals surface area contributed by atoms with Gasteiger partial charge in [-0.2, -0.15) is 0 Å². The van der Waals surface area contributed by atoms with Crippen LogP contribution in [-0.4, -0.2) is 30.5 Å². The van der Waals surface area contributed by atoms with E-state index in [1.807, 2.05) is 0 Å². The van der Waals surface area contributed by atoms with Crippen LogP contribution in [0, 0.1) is 0 Å². The van der Waals surface area contributed by atoms with Crippen LogP contribution >= 0.6 is 0 Å². The highest BCUT2D eigenvalue weighted by molar-refractivity contribution is 7.90. The second-order valence-corrected chi connectivity index (χ2v) is 6.08. The maximum atomic E-state index is 11.6. The number of hydrogen-bond acceptors (Lipinski definition) is 4. The average Bonchev–Trinajstić information content (AvgIpc) is 2.89. The Kier molecular flexibility index (Phi) is 3.66. The number of amides is 1. The lowest BCUT2D eigenvalue weighted by Crippen LogP contribution is -2.23. The van der Waals surface area contributed by atoms with E-state index in [-0.39, 0.29) is 10.8 Å². The first-order valence-electron chi connectivity index (χ1n) is 5.52. The lowest BCUT2D eigenvalue weighted by Gasteiger charge is -2.04. The van der Waals surface area contributed by atoms with Gasteiger partial charge in [-0.05, 0) is 17.7 Å². The second-order valence-electron chi connectivity index (χ2n) is 4.06. The minimum Gasteiger partial charge on any atom is -0.347 e. The lowest BCUT2D eigenvalue weighted by molar-refractivity contribution is 0.0946. The van der Waals surface area contributed by atoms with Gasteiger partial charge < -0.3 is 10.3 Å². The molecule has 1 aromatic carbocycles. The third kappa shape index (κ3) is 3.41. The molecule has 1 amide bonds. The summed E-state index contributed by atoms with van der Waals surface area (Å²) < 4.78 is 22.6. The molecule has 2 N–H and O–H groups in total. The number of rotatable bonds is 4. The van der Waals surface area contributed by atoms with Crippen molar-refractivity contribution in [2.24, 2.45) is 0 Å². The number of H-pyrrole nitrogens is 1. The smallest absolute Gasteiger partial charge is 0.269 e. The van der Waals surface area contributed by atoms with Gasteiger partial charge in [0.2, 0.25) is 0 Å². The number of imidazole rings is 1. The Balaban J connectivity index is 1.99. The first-order chi connectivity index (χ1) is 8.97. The Morgan fingerprint density at radius 1 is 1.32 bits per heavy atom. The van der Waals surface area contributed by atoms with Gasteiger partial charge in [0.15, 0.2) is 9.84 Å². The fourth-order valence-corrected chi connectivity index (χ4v) is 2.14. The third-order valence-electron chi connectivity index (χ3n) is 2.55. The molecule has 0 atom stereocenters. The zero-order chi connectivity index (χ0) is 13.9. The highest BCUT2D eigenvalue weighted by atomic mass is 32.2. The quantitative estimate of drug-likeness (QED) is 0.863. The van der Waals surface area contributed by atoms with Crippen molar-refractivity contribution in [2.45, 2.75) is 11.4 Å². The molecule has 100 valence electrons. The van der Waals surface area contributed by atoms with Crippen LogP contribution in [0.25, 0.3) is 0 Å². The van der Waals surface area contributed by atoms with Gasteiger partial charge in [-0.3, -0.25) is 4.79 Å². The molecular formula is C12H13N3O3S. The van der Waals surface area contributed by atoms with Gasteiger partial charge in [0.05, 0.1) is 17.4 Å². The molecule has 0 aliphatic carbocycles. The molecular weight excluding hydrogens is 266 g/mol. The van der Waals surface area contributed by atoms with Gasteiger partial charge in [-0.25, -0.2) is 13.4 Å². The predicted octanol–water partition coefficient (Wildman–Crippen LogP) is 0.743. The Morgan fingerprint density at radius 2 is 2.00 bits per heavy atom. The van der Waals surface area contributed by atoms with Crippen molar-refractivity contribution in [3.8, 4) is 0 Å². The summed E-state index contributed by atoms with van der Waals surface area (Å²) in [6.07, 6.45) is 4.01. The van der Waals surface area contributed by atoms with Crippen LogP contribution in [0.5, 0.6) is 0 Å². The van der Waals surface area contributed by atoms with E-state index in [9.17, 15) is 13.2 Å². The normalized spacial score (nSPS) is 11.2. The third-order valence-corrected chi connectivity index (χ3v) is 3.68. The van der Waals surface area contributed by atoms with E-state index >= 15 is 0 Å². The number of carbonyl (C=O) groups is 1. The molecule has 0 radical (unpaired) electrons. The number of nitrogens with zero attached hydrogens (tertiary/aromatic N) is 1. The molecule has 0 unspecified atom stereocenters. The SMILES string of the molecule is CS(=O)(=O)c1ccc(CNC(=O)c2cnc[nH]2)cc1. The largest absolute Gasteiger partial charge is 0.347 e. The Labute approximate surface area is 110 Å². The summed E-state index contributed by atoms with van der Waals surface area (Å²) in [5, 5.41) is 2.70. The monoisotopic (exact) mass is 279 g/mol. The number of hydrogen-bond donors (Lipinski definition) is 2. The van der Waals surface area contributed by atoms with Gasteiger partial charge in [0, 0.05) is 12.8 Å². The molecule has 0 bridgehead atoms. The van der Waals surface area contributed by atoms with Crippen molar-refractivity contribution in [3.05, 3.63) is 48.0 Å². The van der Waals surface area contributed by atoms with Crippen LogP contribution in [-0.2, 0) is 16.4 Å². The summed E-state index contributed by atoms with van der Waals surface area (Å²) in [5.74, 6) is -0.260. The predicted molar refractivity (Wildman–Crippen MR) is 69.3 cm³/mol. The van der Waals surface area contributed by atoms with Crippen LogP contribution in [0.2, 0.25) is 0 Å². The summed E-state index contributed by atoms with van der Waals surface area (Å²) >= 11 is 0. The Hall–Kier alpha value is -2.15. The van der Waals surface area contributed by atoms with Crippen LogP contribution in [0.4, 0.5) is 0 Å². The highest BCUT2D eigenvalue weighted by Gasteiger charge is 2.08. The fourth-order valence-electron chi connectivity index (χ4n) is 1.51. The van der Waals surface area contributed by atoms with Gasteiger partial charge in [0.1, 0.15) is 5.69 Å². The summed E-state index contributed by atoms with van der Waals surface area (Å²) in [6.45, 7) is 0.321. The molecule has 2 aromatic rings. The van der Waals surface area contributed by atoms with E-state index in [1.54, 1.807) is 12.1 Å². The number of aromatic nitrogens is 2. The average molecular weight is 279 g/mol. The molecule has 1 heterocycles. The molecule has 0 aliphatic rings. The standard InChI is InChI=1S/C12H13N3O3S/c1-19(17,18)10-4-2-9(3-5-10)6-14-12(16)11-7-13-8-15-11/h2-5,7-8H,6H2,1H3,(H,13,15)(H,14,16). The van der Waals surface area contributed by atoms with E-state index in [2.05, 4.69) is 15.3 Å². The summed E-state index contributed by atoms with van der Waals surface area (Å²) in [6, 6.07) is 6.38. The minimum absolute atomic E-state index is 0.260. The van der Waals surface area contributed by atoms with E-state index in [1.165, 1.54) is 24.7 Å². The first-order valence-corrected chi connectivity index (χ1v) is 7.41. The van der Waals surface area contributed by atoms with Crippen molar-refractivity contribution in [1.82, 2.24) is 15.3 Å². The van der Waals surface area contributed by atoms with E-state index < -0.39 is 9.84 Å². The number of nitrogens with one attached hydrogen (secondary N) is 2. The van der Waals surface area contributed by atoms with Crippen LogP contribution in [0.15, 0.2) is 41.7 Å². The Bertz CT molecular complexity index is 661. The van der Waals surface area contributed by atoms with E-state index in [0.29, 0.717) is 12.2 Å². The molecule has 0 fully saturated rings. The molecule has 0 spiro atoms. The molecule has 6 nitrogen and oxygen atoms in total. The van der Waals surface area contributed by atoms with E-state index in [0.717, 1.165) is 11.8 Å². The zero-order valence-corrected chi connectivity index (χ0v) is 11.1. The fraction of sp³-hybridized carbons (Fsp3) is 0.167. The summed E-state index contributed by atoms with van der Waals surface area (Å²) in [4.78, 5) is 18.3. The van der Waals surface area contributed by atoms with Gasteiger partial charge in [-0.1, -0.05) is 12.1 Å². The van der Waals surface area contributed by atoms with Gasteiger partial charge >= 0.3 is 0 Å². The first kappa shape index (κ1) is 13.3. The van der Waals surface area contributed by atoms with Gasteiger partial charge in [-0.15, -0.1) is 0 Å². The van der Waals surface area contributed by atoms with Crippen molar-refractivity contribution in [3.63, 3.8) is 0 Å². The van der Waals surface area contributed by atoms with E-state index in [4.69, 9.17) is 0 Å². The highest BCUT2D eigenvalue weighted by Crippen LogP contribution is 2.10. The van der Waals surface area contributed by atoms with Crippen molar-refractivity contribution >= 4 is 15.7 Å². The molecule has 7 heteroatoms. The molecule has 0 aliphatic heterocycles. The van der Waals surface area contributed by atoms with Crippen LogP contribution in [0.1, 0.15) is 16.1 Å². The summed E-state index contributed by atoms with van der Waals surface area (Å²) in [5.41, 5.74) is 1.20. The maximum Gasteiger partial charge on any atom is 0.269 e. The molecule has 0 saturated heterocycles. The van der Waals surface area contributed by atoms with Crippen LogP contribution in [0.3, 0.4) is 0 Å². The number of aromatic amines is 1. The molecule has 0 saturated carbocycles. The zero-order valence-electron chi connectivity index (χ0n) is 10.3. The molecule has 2 rings (SSSR count).